The minimum atomic E-state index is -3.08. The largest absolute Gasteiger partial charge is 0.373 e. The molecule has 2 unspecified atom stereocenters. The standard InChI is InChI=1S/C14H20N2O3S/c1-10(9-20(2,18)19)15-14(17)13-8-7-11-5-3-4-6-12(11)16-13/h3-6,10,13,16H,7-9H2,1-2H3,(H,15,17). The first-order valence-electron chi connectivity index (χ1n) is 6.68. The van der Waals surface area contributed by atoms with Crippen molar-refractivity contribution in [3.8, 4) is 0 Å². The highest BCUT2D eigenvalue weighted by Crippen LogP contribution is 2.24. The number of benzene rings is 1. The van der Waals surface area contributed by atoms with E-state index in [9.17, 15) is 13.2 Å². The zero-order valence-corrected chi connectivity index (χ0v) is 12.5. The molecule has 2 rings (SSSR count). The molecule has 6 heteroatoms. The van der Waals surface area contributed by atoms with E-state index in [2.05, 4.69) is 10.6 Å². The van der Waals surface area contributed by atoms with E-state index in [1.807, 2.05) is 24.3 Å². The predicted octanol–water partition coefficient (Wildman–Crippen LogP) is 0.963. The predicted molar refractivity (Wildman–Crippen MR) is 79.5 cm³/mol. The van der Waals surface area contributed by atoms with Crippen molar-refractivity contribution in [2.45, 2.75) is 31.8 Å². The van der Waals surface area contributed by atoms with Gasteiger partial charge in [-0.25, -0.2) is 8.42 Å². The first-order valence-corrected chi connectivity index (χ1v) is 8.74. The maximum Gasteiger partial charge on any atom is 0.242 e. The van der Waals surface area contributed by atoms with Crippen molar-refractivity contribution >= 4 is 21.4 Å². The number of anilines is 1. The summed E-state index contributed by atoms with van der Waals surface area (Å²) in [6.45, 7) is 1.70. The number of carbonyl (C=O) groups is 1. The molecule has 0 fully saturated rings. The van der Waals surface area contributed by atoms with Gasteiger partial charge in [0, 0.05) is 18.0 Å². The number of sulfone groups is 1. The van der Waals surface area contributed by atoms with Crippen LogP contribution in [0.25, 0.3) is 0 Å². The van der Waals surface area contributed by atoms with Crippen molar-refractivity contribution in [3.05, 3.63) is 29.8 Å². The Morgan fingerprint density at radius 2 is 2.15 bits per heavy atom. The lowest BCUT2D eigenvalue weighted by molar-refractivity contribution is -0.122. The van der Waals surface area contributed by atoms with Crippen molar-refractivity contribution < 1.29 is 13.2 Å². The maximum atomic E-state index is 12.1. The number of fused-ring (bicyclic) bond motifs is 1. The molecule has 1 aromatic carbocycles. The van der Waals surface area contributed by atoms with Crippen LogP contribution in [-0.2, 0) is 21.1 Å². The summed E-state index contributed by atoms with van der Waals surface area (Å²) < 4.78 is 22.4. The molecule has 0 saturated carbocycles. The Bertz CT molecular complexity index is 598. The molecule has 2 N–H and O–H groups in total. The Kier molecular flexibility index (Phi) is 4.32. The van der Waals surface area contributed by atoms with Gasteiger partial charge in [0.15, 0.2) is 0 Å². The fraction of sp³-hybridized carbons (Fsp3) is 0.500. The van der Waals surface area contributed by atoms with Crippen molar-refractivity contribution in [2.24, 2.45) is 0 Å². The van der Waals surface area contributed by atoms with E-state index in [1.54, 1.807) is 6.92 Å². The highest BCUT2D eigenvalue weighted by molar-refractivity contribution is 7.90. The Morgan fingerprint density at radius 3 is 2.85 bits per heavy atom. The lowest BCUT2D eigenvalue weighted by Crippen LogP contribution is -2.47. The van der Waals surface area contributed by atoms with Crippen molar-refractivity contribution in [3.63, 3.8) is 0 Å². The average molecular weight is 296 g/mol. The molecule has 1 heterocycles. The highest BCUT2D eigenvalue weighted by Gasteiger charge is 2.25. The Hall–Kier alpha value is -1.56. The average Bonchev–Trinajstić information content (AvgIpc) is 2.35. The molecule has 1 aliphatic rings. The fourth-order valence-corrected chi connectivity index (χ4v) is 3.47. The molecule has 0 bridgehead atoms. The van der Waals surface area contributed by atoms with Gasteiger partial charge in [-0.3, -0.25) is 4.79 Å². The molecule has 5 nitrogen and oxygen atoms in total. The molecule has 0 aliphatic carbocycles. The summed E-state index contributed by atoms with van der Waals surface area (Å²) in [4.78, 5) is 12.1. The van der Waals surface area contributed by atoms with Gasteiger partial charge in [0.05, 0.1) is 5.75 Å². The number of rotatable bonds is 4. The van der Waals surface area contributed by atoms with Gasteiger partial charge in [-0.2, -0.15) is 0 Å². The molecule has 20 heavy (non-hydrogen) atoms. The molecular weight excluding hydrogens is 276 g/mol. The molecule has 1 aromatic rings. The smallest absolute Gasteiger partial charge is 0.242 e. The summed E-state index contributed by atoms with van der Waals surface area (Å²) in [6.07, 6.45) is 2.74. The highest BCUT2D eigenvalue weighted by atomic mass is 32.2. The Morgan fingerprint density at radius 1 is 1.45 bits per heavy atom. The van der Waals surface area contributed by atoms with Crippen LogP contribution in [0.1, 0.15) is 18.9 Å². The molecule has 0 spiro atoms. The van der Waals surface area contributed by atoms with Gasteiger partial charge in [0.1, 0.15) is 15.9 Å². The molecule has 1 amide bonds. The lowest BCUT2D eigenvalue weighted by atomic mass is 9.97. The van der Waals surface area contributed by atoms with Crippen LogP contribution in [0.15, 0.2) is 24.3 Å². The molecule has 0 saturated heterocycles. The van der Waals surface area contributed by atoms with E-state index in [0.29, 0.717) is 6.42 Å². The third-order valence-electron chi connectivity index (χ3n) is 3.31. The van der Waals surface area contributed by atoms with Crippen molar-refractivity contribution in [1.29, 1.82) is 0 Å². The van der Waals surface area contributed by atoms with Crippen LogP contribution in [0.5, 0.6) is 0 Å². The summed E-state index contributed by atoms with van der Waals surface area (Å²) in [6, 6.07) is 7.23. The van der Waals surface area contributed by atoms with Gasteiger partial charge in [-0.1, -0.05) is 18.2 Å². The third-order valence-corrected chi connectivity index (χ3v) is 4.41. The topological polar surface area (TPSA) is 75.3 Å². The monoisotopic (exact) mass is 296 g/mol. The Balaban J connectivity index is 1.95. The summed E-state index contributed by atoms with van der Waals surface area (Å²) in [7, 11) is -3.08. The number of hydrogen-bond donors (Lipinski definition) is 2. The summed E-state index contributed by atoms with van der Waals surface area (Å²) >= 11 is 0. The minimum Gasteiger partial charge on any atom is -0.373 e. The molecule has 1 aliphatic heterocycles. The van der Waals surface area contributed by atoms with Crippen LogP contribution >= 0.6 is 0 Å². The van der Waals surface area contributed by atoms with Crippen LogP contribution in [0.3, 0.4) is 0 Å². The molecule has 2 atom stereocenters. The van der Waals surface area contributed by atoms with E-state index in [1.165, 1.54) is 11.8 Å². The second-order valence-electron chi connectivity index (χ2n) is 5.39. The molecule has 0 radical (unpaired) electrons. The van der Waals surface area contributed by atoms with Gasteiger partial charge in [-0.05, 0) is 31.4 Å². The normalized spacial score (nSPS) is 19.6. The van der Waals surface area contributed by atoms with Crippen LogP contribution in [-0.4, -0.2) is 38.4 Å². The van der Waals surface area contributed by atoms with E-state index >= 15 is 0 Å². The zero-order valence-electron chi connectivity index (χ0n) is 11.7. The van der Waals surface area contributed by atoms with Crippen LogP contribution < -0.4 is 10.6 Å². The van der Waals surface area contributed by atoms with Gasteiger partial charge in [0.25, 0.3) is 0 Å². The zero-order chi connectivity index (χ0) is 14.8. The molecule has 0 aromatic heterocycles. The number of amides is 1. The number of aryl methyl sites for hydroxylation is 1. The number of hydrogen-bond acceptors (Lipinski definition) is 4. The summed E-state index contributed by atoms with van der Waals surface area (Å²) in [5.74, 6) is -0.183. The van der Waals surface area contributed by atoms with Gasteiger partial charge in [-0.15, -0.1) is 0 Å². The van der Waals surface area contributed by atoms with Gasteiger partial charge < -0.3 is 10.6 Å². The van der Waals surface area contributed by atoms with Crippen LogP contribution in [0, 0.1) is 0 Å². The minimum absolute atomic E-state index is 0.0396. The van der Waals surface area contributed by atoms with Gasteiger partial charge >= 0.3 is 0 Å². The van der Waals surface area contributed by atoms with Gasteiger partial charge in [0.2, 0.25) is 5.91 Å². The summed E-state index contributed by atoms with van der Waals surface area (Å²) in [5.41, 5.74) is 2.19. The van der Waals surface area contributed by atoms with Crippen molar-refractivity contribution in [1.82, 2.24) is 5.32 Å². The van der Waals surface area contributed by atoms with E-state index in [0.717, 1.165) is 12.1 Å². The number of carbonyl (C=O) groups excluding carboxylic acids is 1. The molecular formula is C14H20N2O3S. The van der Waals surface area contributed by atoms with E-state index in [-0.39, 0.29) is 23.7 Å². The quantitative estimate of drug-likeness (QED) is 0.868. The van der Waals surface area contributed by atoms with E-state index < -0.39 is 9.84 Å². The SMILES string of the molecule is CC(CS(C)(=O)=O)NC(=O)C1CCc2ccccc2N1. The second-order valence-corrected chi connectivity index (χ2v) is 7.58. The molecule has 110 valence electrons. The first-order chi connectivity index (χ1) is 9.35. The van der Waals surface area contributed by atoms with Crippen molar-refractivity contribution in [2.75, 3.05) is 17.3 Å². The lowest BCUT2D eigenvalue weighted by Gasteiger charge is -2.27. The maximum absolute atomic E-state index is 12.1. The Labute approximate surface area is 119 Å². The second kappa shape index (κ2) is 5.83. The fourth-order valence-electron chi connectivity index (χ4n) is 2.47. The van der Waals surface area contributed by atoms with E-state index in [4.69, 9.17) is 0 Å². The summed E-state index contributed by atoms with van der Waals surface area (Å²) in [5, 5.41) is 5.96. The first kappa shape index (κ1) is 14.8. The van der Waals surface area contributed by atoms with Crippen LogP contribution in [0.2, 0.25) is 0 Å². The number of para-hydroxylation sites is 1. The van der Waals surface area contributed by atoms with Crippen LogP contribution in [0.4, 0.5) is 5.69 Å². The third kappa shape index (κ3) is 3.96. The number of nitrogens with one attached hydrogen (secondary N) is 2.